The van der Waals surface area contributed by atoms with Gasteiger partial charge in [-0.15, -0.1) is 0 Å². The molecule has 0 radical (unpaired) electrons. The Labute approximate surface area is 216 Å². The Morgan fingerprint density at radius 3 is 1.23 bits per heavy atom. The molecule has 2 rings (SSSR count). The quantitative estimate of drug-likeness (QED) is 0.235. The van der Waals surface area contributed by atoms with Gasteiger partial charge in [-0.05, 0) is 73.6 Å². The zero-order valence-corrected chi connectivity index (χ0v) is 23.6. The Hall–Kier alpha value is -1.96. The second kappa shape index (κ2) is 15.2. The Bertz CT molecular complexity index is 821. The standard InChI is InChI=1S/C33H52O2/c1-24(2)15-11-7-9-13-17-28-19-26(5)21-30(32(28)34)23-31-22-27(6)20-29(33(31)35)18-14-10-8-12-16-25(3)4/h19-22,24-25,34-35H,7-18,23H2,1-6H3. The highest BCUT2D eigenvalue weighted by molar-refractivity contribution is 5.50. The lowest BCUT2D eigenvalue weighted by Crippen LogP contribution is -1.99. The molecular formula is C33H52O2. The first-order chi connectivity index (χ1) is 16.7. The maximum atomic E-state index is 11.1. The van der Waals surface area contributed by atoms with Crippen molar-refractivity contribution in [2.75, 3.05) is 0 Å². The summed E-state index contributed by atoms with van der Waals surface area (Å²) in [4.78, 5) is 0. The SMILES string of the molecule is Cc1cc(CCCCCCC(C)C)c(O)c(Cc2cc(C)cc(CCCCCCC(C)C)c2O)c1. The highest BCUT2D eigenvalue weighted by Gasteiger charge is 2.14. The lowest BCUT2D eigenvalue weighted by molar-refractivity contribution is 0.453. The van der Waals surface area contributed by atoms with Gasteiger partial charge in [0, 0.05) is 6.42 Å². The predicted octanol–water partition coefficient (Wildman–Crippen LogP) is 9.60. The molecule has 0 unspecified atom stereocenters. The van der Waals surface area contributed by atoms with Crippen molar-refractivity contribution in [1.29, 1.82) is 0 Å². The van der Waals surface area contributed by atoms with Crippen LogP contribution in [-0.4, -0.2) is 10.2 Å². The van der Waals surface area contributed by atoms with Crippen LogP contribution in [-0.2, 0) is 19.3 Å². The van der Waals surface area contributed by atoms with Crippen molar-refractivity contribution >= 4 is 0 Å². The molecule has 2 aromatic rings. The molecule has 0 aliphatic heterocycles. The van der Waals surface area contributed by atoms with Gasteiger partial charge in [0.25, 0.3) is 0 Å². The van der Waals surface area contributed by atoms with Crippen LogP contribution in [0.5, 0.6) is 11.5 Å². The topological polar surface area (TPSA) is 40.5 Å². The average molecular weight is 481 g/mol. The molecule has 0 amide bonds. The molecule has 2 nitrogen and oxygen atoms in total. The van der Waals surface area contributed by atoms with Crippen LogP contribution in [0.15, 0.2) is 24.3 Å². The van der Waals surface area contributed by atoms with E-state index in [9.17, 15) is 10.2 Å². The molecule has 0 atom stereocenters. The van der Waals surface area contributed by atoms with Gasteiger partial charge in [-0.1, -0.05) is 114 Å². The van der Waals surface area contributed by atoms with Gasteiger partial charge in [0.1, 0.15) is 11.5 Å². The summed E-state index contributed by atoms with van der Waals surface area (Å²) in [6, 6.07) is 8.43. The van der Waals surface area contributed by atoms with E-state index in [1.54, 1.807) is 0 Å². The molecule has 2 heteroatoms. The van der Waals surface area contributed by atoms with Crippen molar-refractivity contribution in [2.45, 2.75) is 125 Å². The summed E-state index contributed by atoms with van der Waals surface area (Å²) in [6.45, 7) is 13.4. The van der Waals surface area contributed by atoms with Crippen LogP contribution < -0.4 is 0 Å². The molecule has 0 heterocycles. The minimum absolute atomic E-state index is 0.422. The van der Waals surface area contributed by atoms with Crippen molar-refractivity contribution in [2.24, 2.45) is 11.8 Å². The zero-order chi connectivity index (χ0) is 25.8. The second-order valence-electron chi connectivity index (χ2n) is 11.7. The van der Waals surface area contributed by atoms with Crippen molar-refractivity contribution in [3.05, 3.63) is 57.6 Å². The van der Waals surface area contributed by atoms with E-state index in [4.69, 9.17) is 0 Å². The summed E-state index contributed by atoms with van der Waals surface area (Å²) in [5.41, 5.74) is 6.33. The maximum Gasteiger partial charge on any atom is 0.122 e. The van der Waals surface area contributed by atoms with Crippen LogP contribution in [0, 0.1) is 25.7 Å². The largest absolute Gasteiger partial charge is 0.507 e. The number of rotatable bonds is 16. The summed E-state index contributed by atoms with van der Waals surface area (Å²) in [7, 11) is 0. The minimum atomic E-state index is 0.422. The average Bonchev–Trinajstić information content (AvgIpc) is 2.78. The molecule has 2 N–H and O–H groups in total. The summed E-state index contributed by atoms with van der Waals surface area (Å²) in [6.07, 6.45) is 14.8. The summed E-state index contributed by atoms with van der Waals surface area (Å²) < 4.78 is 0. The first kappa shape index (κ1) is 29.3. The molecule has 0 spiro atoms. The summed E-state index contributed by atoms with van der Waals surface area (Å²) in [5, 5.41) is 22.1. The molecule has 0 aromatic heterocycles. The fourth-order valence-corrected chi connectivity index (χ4v) is 5.17. The maximum absolute atomic E-state index is 11.1. The van der Waals surface area contributed by atoms with E-state index in [0.717, 1.165) is 59.8 Å². The number of phenolic OH excluding ortho intramolecular Hbond substituents is 2. The van der Waals surface area contributed by atoms with Gasteiger partial charge in [0.05, 0.1) is 0 Å². The smallest absolute Gasteiger partial charge is 0.122 e. The van der Waals surface area contributed by atoms with Crippen molar-refractivity contribution in [3.63, 3.8) is 0 Å². The van der Waals surface area contributed by atoms with E-state index < -0.39 is 0 Å². The number of unbranched alkanes of at least 4 members (excludes halogenated alkanes) is 6. The van der Waals surface area contributed by atoms with Crippen molar-refractivity contribution in [1.82, 2.24) is 0 Å². The number of hydrogen-bond donors (Lipinski definition) is 2. The molecule has 0 aliphatic rings. The summed E-state index contributed by atoms with van der Waals surface area (Å²) in [5.74, 6) is 2.41. The highest BCUT2D eigenvalue weighted by atomic mass is 16.3. The number of benzene rings is 2. The lowest BCUT2D eigenvalue weighted by atomic mass is 9.92. The third kappa shape index (κ3) is 10.7. The zero-order valence-electron chi connectivity index (χ0n) is 23.6. The Kier molecular flexibility index (Phi) is 12.7. The van der Waals surface area contributed by atoms with E-state index in [0.29, 0.717) is 17.9 Å². The Balaban J connectivity index is 2.01. The molecule has 0 aliphatic carbocycles. The van der Waals surface area contributed by atoms with Crippen LogP contribution in [0.4, 0.5) is 0 Å². The van der Waals surface area contributed by atoms with Crippen molar-refractivity contribution < 1.29 is 10.2 Å². The van der Waals surface area contributed by atoms with E-state index in [1.807, 2.05) is 0 Å². The first-order valence-electron chi connectivity index (χ1n) is 14.3. The van der Waals surface area contributed by atoms with E-state index in [1.165, 1.54) is 62.5 Å². The van der Waals surface area contributed by atoms with Crippen molar-refractivity contribution in [3.8, 4) is 11.5 Å². The first-order valence-corrected chi connectivity index (χ1v) is 14.3. The van der Waals surface area contributed by atoms with Crippen LogP contribution in [0.1, 0.15) is 125 Å². The number of phenols is 2. The molecule has 0 saturated carbocycles. The number of hydrogen-bond acceptors (Lipinski definition) is 2. The third-order valence-corrected chi connectivity index (χ3v) is 7.16. The fourth-order valence-electron chi connectivity index (χ4n) is 5.17. The minimum Gasteiger partial charge on any atom is -0.507 e. The van der Waals surface area contributed by atoms with E-state index >= 15 is 0 Å². The lowest BCUT2D eigenvalue weighted by Gasteiger charge is -2.15. The van der Waals surface area contributed by atoms with Crippen LogP contribution >= 0.6 is 0 Å². The molecule has 0 saturated heterocycles. The molecular weight excluding hydrogens is 428 g/mol. The number of aryl methyl sites for hydroxylation is 4. The normalized spacial score (nSPS) is 11.7. The van der Waals surface area contributed by atoms with Gasteiger partial charge in [0.2, 0.25) is 0 Å². The van der Waals surface area contributed by atoms with Gasteiger partial charge in [-0.25, -0.2) is 0 Å². The molecule has 0 bridgehead atoms. The van der Waals surface area contributed by atoms with Crippen LogP contribution in [0.2, 0.25) is 0 Å². The van der Waals surface area contributed by atoms with Gasteiger partial charge in [-0.3, -0.25) is 0 Å². The van der Waals surface area contributed by atoms with E-state index in [2.05, 4.69) is 65.8 Å². The fraction of sp³-hybridized carbons (Fsp3) is 0.636. The predicted molar refractivity (Wildman–Crippen MR) is 152 cm³/mol. The molecule has 196 valence electrons. The van der Waals surface area contributed by atoms with Gasteiger partial charge in [0.15, 0.2) is 0 Å². The van der Waals surface area contributed by atoms with Crippen LogP contribution in [0.3, 0.4) is 0 Å². The van der Waals surface area contributed by atoms with Crippen LogP contribution in [0.25, 0.3) is 0 Å². The Morgan fingerprint density at radius 1 is 0.514 bits per heavy atom. The van der Waals surface area contributed by atoms with Gasteiger partial charge >= 0.3 is 0 Å². The highest BCUT2D eigenvalue weighted by Crippen LogP contribution is 2.33. The third-order valence-electron chi connectivity index (χ3n) is 7.16. The molecule has 35 heavy (non-hydrogen) atoms. The summed E-state index contributed by atoms with van der Waals surface area (Å²) >= 11 is 0. The van der Waals surface area contributed by atoms with E-state index in [-0.39, 0.29) is 0 Å². The molecule has 0 fully saturated rings. The molecule has 2 aromatic carbocycles. The Morgan fingerprint density at radius 2 is 0.857 bits per heavy atom. The van der Waals surface area contributed by atoms with Gasteiger partial charge in [-0.2, -0.15) is 0 Å². The van der Waals surface area contributed by atoms with Gasteiger partial charge < -0.3 is 10.2 Å². The monoisotopic (exact) mass is 480 g/mol. The number of aromatic hydroxyl groups is 2. The second-order valence-corrected chi connectivity index (χ2v) is 11.7.